The van der Waals surface area contributed by atoms with E-state index in [1.165, 1.54) is 6.08 Å². The van der Waals surface area contributed by atoms with Gasteiger partial charge in [-0.05, 0) is 48.0 Å². The molecule has 0 bridgehead atoms. The number of nitrogens with one attached hydrogen (secondary N) is 1. The zero-order valence-electron chi connectivity index (χ0n) is 13.4. The number of rotatable bonds is 5. The molecule has 0 saturated carbocycles. The van der Waals surface area contributed by atoms with Gasteiger partial charge in [0.1, 0.15) is 5.15 Å². The zero-order valence-corrected chi connectivity index (χ0v) is 16.5. The number of halogens is 3. The van der Waals surface area contributed by atoms with Crippen LogP contribution in [0.1, 0.15) is 18.2 Å². The van der Waals surface area contributed by atoms with E-state index >= 15 is 0 Å². The van der Waals surface area contributed by atoms with Crippen LogP contribution in [-0.2, 0) is 11.8 Å². The molecule has 1 aromatic heterocycles. The molecule has 1 amide bonds. The summed E-state index contributed by atoms with van der Waals surface area (Å²) < 4.78 is 7.77. The maximum Gasteiger partial charge on any atom is 0.248 e. The number of aromatic nitrogens is 2. The Balaban J connectivity index is 2.22. The van der Waals surface area contributed by atoms with E-state index < -0.39 is 0 Å². The Labute approximate surface area is 158 Å². The average Bonchev–Trinajstić information content (AvgIpc) is 2.74. The molecule has 8 heteroatoms. The van der Waals surface area contributed by atoms with Crippen molar-refractivity contribution in [2.75, 3.05) is 11.9 Å². The third-order valence-electron chi connectivity index (χ3n) is 3.15. The highest BCUT2D eigenvalue weighted by atomic mass is 79.9. The van der Waals surface area contributed by atoms with Crippen molar-refractivity contribution in [2.24, 2.45) is 7.05 Å². The van der Waals surface area contributed by atoms with Crippen molar-refractivity contribution < 1.29 is 9.53 Å². The number of hydrogen-bond donors (Lipinski definition) is 1. The number of anilines is 1. The minimum absolute atomic E-state index is 0.329. The fraction of sp³-hybridized carbons (Fsp3) is 0.250. The van der Waals surface area contributed by atoms with Gasteiger partial charge in [0, 0.05) is 23.7 Å². The van der Waals surface area contributed by atoms with Crippen molar-refractivity contribution in [3.8, 4) is 5.75 Å². The van der Waals surface area contributed by atoms with Gasteiger partial charge in [0.25, 0.3) is 0 Å². The number of carbonyl (C=O) groups is 1. The van der Waals surface area contributed by atoms with Crippen molar-refractivity contribution in [2.45, 2.75) is 13.8 Å². The van der Waals surface area contributed by atoms with Crippen molar-refractivity contribution in [3.63, 3.8) is 0 Å². The fourth-order valence-electron chi connectivity index (χ4n) is 2.11. The minimum Gasteiger partial charge on any atom is -0.491 e. The first-order valence-corrected chi connectivity index (χ1v) is 8.68. The Bertz CT molecular complexity index is 803. The van der Waals surface area contributed by atoms with E-state index in [0.29, 0.717) is 38.3 Å². The van der Waals surface area contributed by atoms with E-state index in [2.05, 4.69) is 26.3 Å². The number of aryl methyl sites for hydroxylation is 2. The lowest BCUT2D eigenvalue weighted by atomic mass is 10.2. The first-order valence-electron chi connectivity index (χ1n) is 7.13. The number of ether oxygens (including phenoxy) is 1. The molecule has 0 unspecified atom stereocenters. The number of carbonyl (C=O) groups excluding carboxylic acids is 1. The van der Waals surface area contributed by atoms with Gasteiger partial charge in [-0.1, -0.05) is 23.2 Å². The molecule has 1 heterocycles. The van der Waals surface area contributed by atoms with Gasteiger partial charge >= 0.3 is 0 Å². The quantitative estimate of drug-likeness (QED) is 0.687. The molecule has 0 fully saturated rings. The summed E-state index contributed by atoms with van der Waals surface area (Å²) in [4.78, 5) is 12.2. The smallest absolute Gasteiger partial charge is 0.248 e. The Morgan fingerprint density at radius 2 is 2.17 bits per heavy atom. The van der Waals surface area contributed by atoms with E-state index in [9.17, 15) is 4.79 Å². The minimum atomic E-state index is -0.329. The molecule has 0 aliphatic heterocycles. The van der Waals surface area contributed by atoms with Crippen LogP contribution < -0.4 is 10.1 Å². The van der Waals surface area contributed by atoms with E-state index in [1.807, 2.05) is 13.8 Å². The molecule has 24 heavy (non-hydrogen) atoms. The molecule has 1 N–H and O–H groups in total. The predicted octanol–water partition coefficient (Wildman–Crippen LogP) is 4.85. The Kier molecular flexibility index (Phi) is 6.32. The summed E-state index contributed by atoms with van der Waals surface area (Å²) in [6.45, 7) is 4.15. The fourth-order valence-corrected chi connectivity index (χ4v) is 3.28. The summed E-state index contributed by atoms with van der Waals surface area (Å²) in [5, 5.41) is 7.90. The number of amides is 1. The normalized spacial score (nSPS) is 11.1. The van der Waals surface area contributed by atoms with E-state index in [-0.39, 0.29) is 5.91 Å². The average molecular weight is 433 g/mol. The second kappa shape index (κ2) is 8.05. The highest BCUT2D eigenvalue weighted by molar-refractivity contribution is 9.10. The maximum absolute atomic E-state index is 12.2. The summed E-state index contributed by atoms with van der Waals surface area (Å²) in [5.41, 5.74) is 1.93. The highest BCUT2D eigenvalue weighted by Gasteiger charge is 2.13. The van der Waals surface area contributed by atoms with E-state index in [0.717, 1.165) is 5.69 Å². The molecule has 0 saturated heterocycles. The van der Waals surface area contributed by atoms with Crippen LogP contribution in [-0.4, -0.2) is 22.3 Å². The molecular formula is C16H16BrCl2N3O2. The van der Waals surface area contributed by atoms with Crippen LogP contribution in [0.15, 0.2) is 22.7 Å². The first-order chi connectivity index (χ1) is 11.3. The molecular weight excluding hydrogens is 417 g/mol. The van der Waals surface area contributed by atoms with E-state index in [1.54, 1.807) is 29.9 Å². The topological polar surface area (TPSA) is 56.1 Å². The van der Waals surface area contributed by atoms with Crippen LogP contribution in [0.25, 0.3) is 6.08 Å². The van der Waals surface area contributed by atoms with Crippen molar-refractivity contribution in [3.05, 3.63) is 44.1 Å². The van der Waals surface area contributed by atoms with Gasteiger partial charge in [0.05, 0.1) is 22.5 Å². The Morgan fingerprint density at radius 1 is 1.46 bits per heavy atom. The number of benzene rings is 1. The molecule has 0 aliphatic rings. The first kappa shape index (κ1) is 18.8. The van der Waals surface area contributed by atoms with Crippen LogP contribution in [0, 0.1) is 6.92 Å². The van der Waals surface area contributed by atoms with Crippen LogP contribution in [0.4, 0.5) is 5.69 Å². The second-order valence-electron chi connectivity index (χ2n) is 4.93. The van der Waals surface area contributed by atoms with Gasteiger partial charge < -0.3 is 10.1 Å². The van der Waals surface area contributed by atoms with Crippen LogP contribution in [0.5, 0.6) is 5.75 Å². The zero-order chi connectivity index (χ0) is 17.9. The summed E-state index contributed by atoms with van der Waals surface area (Å²) in [6, 6.07) is 3.34. The van der Waals surface area contributed by atoms with Gasteiger partial charge in [-0.25, -0.2) is 0 Å². The third-order valence-corrected chi connectivity index (χ3v) is 4.41. The Hall–Kier alpha value is -1.50. The summed E-state index contributed by atoms with van der Waals surface area (Å²) in [6.07, 6.45) is 3.01. The van der Waals surface area contributed by atoms with Crippen molar-refractivity contribution in [1.82, 2.24) is 9.78 Å². The van der Waals surface area contributed by atoms with E-state index in [4.69, 9.17) is 27.9 Å². The number of hydrogen-bond acceptors (Lipinski definition) is 3. The van der Waals surface area contributed by atoms with Gasteiger partial charge in [0.15, 0.2) is 5.75 Å². The summed E-state index contributed by atoms with van der Waals surface area (Å²) in [5.74, 6) is 0.198. The van der Waals surface area contributed by atoms with Gasteiger partial charge in [-0.3, -0.25) is 9.48 Å². The lowest BCUT2D eigenvalue weighted by Crippen LogP contribution is -2.10. The molecule has 2 rings (SSSR count). The summed E-state index contributed by atoms with van der Waals surface area (Å²) >= 11 is 15.6. The molecule has 128 valence electrons. The maximum atomic E-state index is 12.2. The van der Waals surface area contributed by atoms with Crippen molar-refractivity contribution >= 4 is 56.8 Å². The van der Waals surface area contributed by atoms with Crippen LogP contribution in [0.3, 0.4) is 0 Å². The van der Waals surface area contributed by atoms with Gasteiger partial charge in [-0.2, -0.15) is 5.10 Å². The SMILES string of the molecule is CCOc1c(Br)cc(Cl)cc1NC(=O)/C=C/c1c(C)nn(C)c1Cl. The lowest BCUT2D eigenvalue weighted by molar-refractivity contribution is -0.111. The number of nitrogens with zero attached hydrogens (tertiary/aromatic N) is 2. The lowest BCUT2D eigenvalue weighted by Gasteiger charge is -2.13. The molecule has 1 aromatic carbocycles. The van der Waals surface area contributed by atoms with Crippen LogP contribution >= 0.6 is 39.1 Å². The van der Waals surface area contributed by atoms with Crippen LogP contribution in [0.2, 0.25) is 10.2 Å². The van der Waals surface area contributed by atoms with Crippen molar-refractivity contribution in [1.29, 1.82) is 0 Å². The largest absolute Gasteiger partial charge is 0.491 e. The van der Waals surface area contributed by atoms with Gasteiger partial charge in [0.2, 0.25) is 5.91 Å². The highest BCUT2D eigenvalue weighted by Crippen LogP contribution is 2.36. The molecule has 2 aromatic rings. The molecule has 0 atom stereocenters. The summed E-state index contributed by atoms with van der Waals surface area (Å²) in [7, 11) is 1.74. The molecule has 5 nitrogen and oxygen atoms in total. The molecule has 0 radical (unpaired) electrons. The molecule has 0 spiro atoms. The van der Waals surface area contributed by atoms with Gasteiger partial charge in [-0.15, -0.1) is 0 Å². The monoisotopic (exact) mass is 431 g/mol. The third kappa shape index (κ3) is 4.32. The standard InChI is InChI=1S/C16H16BrCl2N3O2/c1-4-24-15-12(17)7-10(18)8-13(15)20-14(23)6-5-11-9(2)21-22(3)16(11)19/h5-8H,4H2,1-3H3,(H,20,23)/b6-5+. The predicted molar refractivity (Wildman–Crippen MR) is 101 cm³/mol. The Morgan fingerprint density at radius 3 is 2.75 bits per heavy atom. The second-order valence-corrected chi connectivity index (χ2v) is 6.58. The molecule has 0 aliphatic carbocycles.